The molecule has 1 rings (SSSR count). The molecule has 10 nitrogen and oxygen atoms in total. The number of aliphatic hydroxyl groups excluding tert-OH is 3. The number of primary amides is 1. The van der Waals surface area contributed by atoms with Crippen molar-refractivity contribution in [3.63, 3.8) is 0 Å². The van der Waals surface area contributed by atoms with Crippen molar-refractivity contribution in [2.45, 2.75) is 57.8 Å². The maximum atomic E-state index is 14.1. The van der Waals surface area contributed by atoms with Crippen molar-refractivity contribution >= 4 is 17.5 Å². The molecule has 0 aromatic carbocycles. The van der Waals surface area contributed by atoms with Crippen LogP contribution in [0.25, 0.3) is 0 Å². The van der Waals surface area contributed by atoms with E-state index >= 15 is 0 Å². The SMILES string of the molecule is C=C(O)C(=C)C(O)=C1C(=O)[C@](O)(C(O)=C(C(N)=O)C(=O)[C@H](C)N(C)C)C(CC)CC1[C@](C)(O)C(=C)/C=C\C. The van der Waals surface area contributed by atoms with E-state index in [0.717, 1.165) is 0 Å². The minimum atomic E-state index is -2.89. The predicted molar refractivity (Wildman–Crippen MR) is 144 cm³/mol. The summed E-state index contributed by atoms with van der Waals surface area (Å²) in [7, 11) is 3.09. The Morgan fingerprint density at radius 1 is 1.24 bits per heavy atom. The third-order valence-corrected chi connectivity index (χ3v) is 7.37. The number of aliphatic hydroxyl groups is 5. The number of carbonyl (C=O) groups is 3. The van der Waals surface area contributed by atoms with Gasteiger partial charge in [-0.1, -0.05) is 38.8 Å². The Balaban J connectivity index is 4.15. The fourth-order valence-corrected chi connectivity index (χ4v) is 4.55. The van der Waals surface area contributed by atoms with Crippen LogP contribution in [0.2, 0.25) is 0 Å². The molecule has 0 aromatic rings. The zero-order valence-electron chi connectivity index (χ0n) is 22.9. The van der Waals surface area contributed by atoms with Gasteiger partial charge in [-0.25, -0.2) is 0 Å². The Hall–Kier alpha value is -3.47. The van der Waals surface area contributed by atoms with Gasteiger partial charge < -0.3 is 31.3 Å². The number of hydrogen-bond acceptors (Lipinski definition) is 9. The summed E-state index contributed by atoms with van der Waals surface area (Å²) in [6.07, 6.45) is 2.93. The summed E-state index contributed by atoms with van der Waals surface area (Å²) in [6.45, 7) is 16.7. The lowest BCUT2D eigenvalue weighted by molar-refractivity contribution is -0.147. The average molecular weight is 533 g/mol. The first kappa shape index (κ1) is 32.6. The second-order valence-corrected chi connectivity index (χ2v) is 9.94. The zero-order chi connectivity index (χ0) is 29.9. The predicted octanol–water partition coefficient (Wildman–Crippen LogP) is 2.47. The maximum Gasteiger partial charge on any atom is 0.255 e. The Morgan fingerprint density at radius 3 is 2.16 bits per heavy atom. The number of rotatable bonds is 11. The number of likely N-dealkylation sites (N-methyl/N-ethyl adjacent to an activating group) is 1. The smallest absolute Gasteiger partial charge is 0.255 e. The van der Waals surface area contributed by atoms with Crippen molar-refractivity contribution in [1.82, 2.24) is 4.90 Å². The van der Waals surface area contributed by atoms with Gasteiger partial charge in [-0.3, -0.25) is 19.3 Å². The number of hydrogen-bond donors (Lipinski definition) is 6. The summed E-state index contributed by atoms with van der Waals surface area (Å²) < 4.78 is 0. The van der Waals surface area contributed by atoms with Crippen LogP contribution in [0.1, 0.15) is 40.5 Å². The topological polar surface area (TPSA) is 182 Å². The lowest BCUT2D eigenvalue weighted by atomic mass is 9.59. The van der Waals surface area contributed by atoms with Gasteiger partial charge in [0.2, 0.25) is 5.78 Å². The zero-order valence-corrected chi connectivity index (χ0v) is 22.9. The normalized spacial score (nSPS) is 26.4. The molecular formula is C28H40N2O8. The maximum absolute atomic E-state index is 14.1. The standard InChI is InChI=1S/C28H40N2O8/c1-10-12-14(3)27(7,37)19-13-18(11-2)28(38,24(34)20(19)22(32)15(4)17(6)31)25(35)21(26(29)36)23(33)16(5)30(8)9/h10,12,16,18-19,31-32,35,37-38H,3-4,6,11,13H2,1-2,5,7-9H3,(H2,29,36)/b12-10-,22-20?,25-21?/t16-,18?,19?,27+,28-/m0/s1. The van der Waals surface area contributed by atoms with Gasteiger partial charge in [0.15, 0.2) is 11.4 Å². The van der Waals surface area contributed by atoms with Gasteiger partial charge in [-0.2, -0.15) is 0 Å². The van der Waals surface area contributed by atoms with Crippen LogP contribution in [0.15, 0.2) is 71.5 Å². The van der Waals surface area contributed by atoms with Crippen molar-refractivity contribution in [2.75, 3.05) is 14.1 Å². The second kappa shape index (κ2) is 11.9. The van der Waals surface area contributed by atoms with Crippen LogP contribution in [0, 0.1) is 11.8 Å². The summed E-state index contributed by atoms with van der Waals surface area (Å²) >= 11 is 0. The molecule has 1 aliphatic carbocycles. The first-order chi connectivity index (χ1) is 17.3. The van der Waals surface area contributed by atoms with Crippen LogP contribution in [0.4, 0.5) is 0 Å². The first-order valence-corrected chi connectivity index (χ1v) is 12.1. The van der Waals surface area contributed by atoms with Crippen LogP contribution in [0.3, 0.4) is 0 Å². The van der Waals surface area contributed by atoms with Gasteiger partial charge in [0.05, 0.1) is 17.2 Å². The number of allylic oxidation sites excluding steroid dienone is 1. The Morgan fingerprint density at radius 2 is 1.76 bits per heavy atom. The fraction of sp³-hybridized carbons (Fsp3) is 0.464. The molecule has 2 unspecified atom stereocenters. The quantitative estimate of drug-likeness (QED) is 0.0765. The Bertz CT molecular complexity index is 1140. The largest absolute Gasteiger partial charge is 0.508 e. The molecule has 1 amide bonds. The number of amides is 1. The highest BCUT2D eigenvalue weighted by Gasteiger charge is 2.59. The van der Waals surface area contributed by atoms with Crippen molar-refractivity contribution in [3.8, 4) is 0 Å². The molecule has 1 fully saturated rings. The molecule has 1 aliphatic rings. The molecule has 0 spiro atoms. The number of carbonyl (C=O) groups excluding carboxylic acids is 3. The fourth-order valence-electron chi connectivity index (χ4n) is 4.55. The Labute approximate surface area is 223 Å². The highest BCUT2D eigenvalue weighted by Crippen LogP contribution is 2.50. The second-order valence-electron chi connectivity index (χ2n) is 9.94. The van der Waals surface area contributed by atoms with Gasteiger partial charge in [-0.15, -0.1) is 0 Å². The summed E-state index contributed by atoms with van der Waals surface area (Å²) in [4.78, 5) is 41.0. The molecule has 0 aliphatic heterocycles. The molecule has 10 heteroatoms. The average Bonchev–Trinajstić information content (AvgIpc) is 2.83. The third kappa shape index (κ3) is 5.67. The van der Waals surface area contributed by atoms with Gasteiger partial charge >= 0.3 is 0 Å². The molecule has 38 heavy (non-hydrogen) atoms. The lowest BCUT2D eigenvalue weighted by Gasteiger charge is -2.47. The molecule has 0 saturated heterocycles. The summed E-state index contributed by atoms with van der Waals surface area (Å²) in [6, 6.07) is -0.958. The van der Waals surface area contributed by atoms with Crippen LogP contribution < -0.4 is 5.73 Å². The van der Waals surface area contributed by atoms with Crippen molar-refractivity contribution in [2.24, 2.45) is 17.6 Å². The third-order valence-electron chi connectivity index (χ3n) is 7.37. The number of Topliss-reactive ketones (excluding diaryl/α,β-unsaturated/α-hetero) is 2. The van der Waals surface area contributed by atoms with Crippen molar-refractivity contribution in [3.05, 3.63) is 71.5 Å². The number of nitrogens with zero attached hydrogens (tertiary/aromatic N) is 1. The number of ketones is 2. The van der Waals surface area contributed by atoms with E-state index in [0.29, 0.717) is 0 Å². The van der Waals surface area contributed by atoms with E-state index < -0.39 is 80.6 Å². The van der Waals surface area contributed by atoms with Crippen LogP contribution in [-0.4, -0.2) is 79.2 Å². The molecule has 210 valence electrons. The highest BCUT2D eigenvalue weighted by molar-refractivity contribution is 6.22. The molecule has 0 aromatic heterocycles. The van der Waals surface area contributed by atoms with E-state index in [-0.39, 0.29) is 18.4 Å². The highest BCUT2D eigenvalue weighted by atomic mass is 16.3. The molecular weight excluding hydrogens is 492 g/mol. The lowest BCUT2D eigenvalue weighted by Crippen LogP contribution is -2.58. The first-order valence-electron chi connectivity index (χ1n) is 12.1. The number of nitrogens with two attached hydrogens (primary N) is 1. The van der Waals surface area contributed by atoms with Crippen molar-refractivity contribution in [1.29, 1.82) is 0 Å². The minimum absolute atomic E-state index is 0.0418. The van der Waals surface area contributed by atoms with E-state index in [2.05, 4.69) is 19.7 Å². The molecule has 7 N–H and O–H groups in total. The van der Waals surface area contributed by atoms with E-state index in [1.165, 1.54) is 24.8 Å². The van der Waals surface area contributed by atoms with E-state index in [1.807, 2.05) is 0 Å². The molecule has 1 saturated carbocycles. The van der Waals surface area contributed by atoms with E-state index in [9.17, 15) is 39.9 Å². The van der Waals surface area contributed by atoms with Gasteiger partial charge in [0.1, 0.15) is 22.9 Å². The van der Waals surface area contributed by atoms with E-state index in [1.54, 1.807) is 34.0 Å². The molecule has 0 radical (unpaired) electrons. The van der Waals surface area contributed by atoms with Crippen LogP contribution in [-0.2, 0) is 14.4 Å². The van der Waals surface area contributed by atoms with Gasteiger partial charge in [0, 0.05) is 17.4 Å². The van der Waals surface area contributed by atoms with Crippen molar-refractivity contribution < 1.29 is 39.9 Å². The summed E-state index contributed by atoms with van der Waals surface area (Å²) in [5.41, 5.74) is -1.19. The Kier molecular flexibility index (Phi) is 10.2. The molecule has 0 heterocycles. The monoisotopic (exact) mass is 532 g/mol. The van der Waals surface area contributed by atoms with Crippen LogP contribution in [0.5, 0.6) is 0 Å². The van der Waals surface area contributed by atoms with Gasteiger partial charge in [-0.05, 0) is 53.3 Å². The summed E-state index contributed by atoms with van der Waals surface area (Å²) in [5, 5.41) is 55.4. The van der Waals surface area contributed by atoms with E-state index in [4.69, 9.17) is 5.73 Å². The summed E-state index contributed by atoms with van der Waals surface area (Å²) in [5.74, 6) is -8.83. The van der Waals surface area contributed by atoms with Gasteiger partial charge in [0.25, 0.3) is 5.91 Å². The minimum Gasteiger partial charge on any atom is -0.508 e. The molecule has 0 bridgehead atoms. The van der Waals surface area contributed by atoms with Crippen LogP contribution >= 0.6 is 0 Å². The molecule has 5 atom stereocenters.